The highest BCUT2D eigenvalue weighted by molar-refractivity contribution is 9.09. The van der Waals surface area contributed by atoms with E-state index < -0.39 is 0 Å². The SMILES string of the molecule is CCn1nc(C)c(Cl)c1CC1(CBr)CCCCC1. The van der Waals surface area contributed by atoms with Crippen LogP contribution in [-0.4, -0.2) is 15.1 Å². The lowest BCUT2D eigenvalue weighted by Crippen LogP contribution is -2.29. The molecule has 0 aromatic carbocycles. The van der Waals surface area contributed by atoms with Crippen LogP contribution in [0, 0.1) is 12.3 Å². The molecule has 0 N–H and O–H groups in total. The monoisotopic (exact) mass is 332 g/mol. The van der Waals surface area contributed by atoms with E-state index in [-0.39, 0.29) is 0 Å². The second kappa shape index (κ2) is 5.96. The van der Waals surface area contributed by atoms with Gasteiger partial charge in [-0.05, 0) is 38.5 Å². The molecular weight excluding hydrogens is 312 g/mol. The van der Waals surface area contributed by atoms with E-state index >= 15 is 0 Å². The van der Waals surface area contributed by atoms with Crippen LogP contribution in [0.5, 0.6) is 0 Å². The largest absolute Gasteiger partial charge is 0.268 e. The van der Waals surface area contributed by atoms with Crippen LogP contribution in [0.25, 0.3) is 0 Å². The van der Waals surface area contributed by atoms with Gasteiger partial charge in [-0.1, -0.05) is 46.8 Å². The summed E-state index contributed by atoms with van der Waals surface area (Å²) in [6.07, 6.45) is 7.76. The number of aromatic nitrogens is 2. The molecule has 0 atom stereocenters. The molecule has 0 saturated heterocycles. The Balaban J connectivity index is 2.26. The summed E-state index contributed by atoms with van der Waals surface area (Å²) < 4.78 is 2.08. The number of rotatable bonds is 4. The lowest BCUT2D eigenvalue weighted by atomic mass is 9.72. The van der Waals surface area contributed by atoms with Crippen LogP contribution in [0.2, 0.25) is 5.02 Å². The van der Waals surface area contributed by atoms with Crippen LogP contribution in [0.15, 0.2) is 0 Å². The Morgan fingerprint density at radius 3 is 2.56 bits per heavy atom. The zero-order valence-corrected chi connectivity index (χ0v) is 13.6. The van der Waals surface area contributed by atoms with Crippen molar-refractivity contribution in [2.24, 2.45) is 5.41 Å². The first-order valence-electron chi connectivity index (χ1n) is 6.89. The Labute approximate surface area is 123 Å². The predicted molar refractivity (Wildman–Crippen MR) is 80.7 cm³/mol. The molecule has 2 rings (SSSR count). The van der Waals surface area contributed by atoms with Gasteiger partial charge >= 0.3 is 0 Å². The zero-order chi connectivity index (χ0) is 13.2. The van der Waals surface area contributed by atoms with Gasteiger partial charge in [-0.15, -0.1) is 0 Å². The second-order valence-electron chi connectivity index (χ2n) is 5.53. The molecule has 1 aromatic heterocycles. The van der Waals surface area contributed by atoms with E-state index in [4.69, 9.17) is 11.6 Å². The van der Waals surface area contributed by atoms with Crippen molar-refractivity contribution in [3.8, 4) is 0 Å². The first-order chi connectivity index (χ1) is 8.62. The van der Waals surface area contributed by atoms with Crippen LogP contribution < -0.4 is 0 Å². The molecule has 0 bridgehead atoms. The highest BCUT2D eigenvalue weighted by Gasteiger charge is 2.33. The minimum Gasteiger partial charge on any atom is -0.268 e. The number of nitrogens with zero attached hydrogens (tertiary/aromatic N) is 2. The maximum absolute atomic E-state index is 6.43. The summed E-state index contributed by atoms with van der Waals surface area (Å²) in [5, 5.41) is 6.48. The first-order valence-corrected chi connectivity index (χ1v) is 8.39. The zero-order valence-electron chi connectivity index (χ0n) is 11.3. The average molecular weight is 334 g/mol. The third-order valence-corrected chi connectivity index (χ3v) is 5.87. The van der Waals surface area contributed by atoms with E-state index in [1.807, 2.05) is 6.92 Å². The van der Waals surface area contributed by atoms with Gasteiger partial charge in [0, 0.05) is 11.9 Å². The molecule has 1 saturated carbocycles. The summed E-state index contributed by atoms with van der Waals surface area (Å²) in [5.41, 5.74) is 2.59. The summed E-state index contributed by atoms with van der Waals surface area (Å²) in [5.74, 6) is 0. The lowest BCUT2D eigenvalue weighted by Gasteiger charge is -2.36. The van der Waals surface area contributed by atoms with Crippen LogP contribution in [-0.2, 0) is 13.0 Å². The summed E-state index contributed by atoms with van der Waals surface area (Å²) in [4.78, 5) is 0. The molecule has 18 heavy (non-hydrogen) atoms. The summed E-state index contributed by atoms with van der Waals surface area (Å²) in [6.45, 7) is 5.04. The van der Waals surface area contributed by atoms with Crippen LogP contribution in [0.1, 0.15) is 50.4 Å². The van der Waals surface area contributed by atoms with Crippen molar-refractivity contribution < 1.29 is 0 Å². The average Bonchev–Trinajstić information content (AvgIpc) is 2.67. The summed E-state index contributed by atoms with van der Waals surface area (Å²) in [7, 11) is 0. The summed E-state index contributed by atoms with van der Waals surface area (Å²) in [6, 6.07) is 0. The van der Waals surface area contributed by atoms with Gasteiger partial charge in [0.25, 0.3) is 0 Å². The molecule has 0 radical (unpaired) electrons. The molecule has 1 aliphatic carbocycles. The van der Waals surface area contributed by atoms with Crippen molar-refractivity contribution in [1.29, 1.82) is 0 Å². The highest BCUT2D eigenvalue weighted by atomic mass is 79.9. The van der Waals surface area contributed by atoms with Crippen LogP contribution in [0.4, 0.5) is 0 Å². The van der Waals surface area contributed by atoms with E-state index in [1.54, 1.807) is 0 Å². The van der Waals surface area contributed by atoms with Crippen molar-refractivity contribution in [3.05, 3.63) is 16.4 Å². The molecule has 102 valence electrons. The van der Waals surface area contributed by atoms with Crippen molar-refractivity contribution >= 4 is 27.5 Å². The molecule has 0 aliphatic heterocycles. The Morgan fingerprint density at radius 1 is 1.33 bits per heavy atom. The Hall–Kier alpha value is -0.0200. The van der Waals surface area contributed by atoms with Gasteiger partial charge in [0.2, 0.25) is 0 Å². The molecule has 1 aliphatic rings. The van der Waals surface area contributed by atoms with E-state index in [9.17, 15) is 0 Å². The number of halogens is 2. The Kier molecular flexibility index (Phi) is 4.76. The fourth-order valence-corrected chi connectivity index (χ4v) is 4.01. The molecule has 1 heterocycles. The number of alkyl halides is 1. The normalized spacial score (nSPS) is 19.1. The molecule has 1 fully saturated rings. The number of aryl methyl sites for hydroxylation is 2. The number of hydrogen-bond acceptors (Lipinski definition) is 1. The van der Waals surface area contributed by atoms with Gasteiger partial charge < -0.3 is 0 Å². The van der Waals surface area contributed by atoms with E-state index in [0.29, 0.717) is 5.41 Å². The third-order valence-electron chi connectivity index (χ3n) is 4.19. The fraction of sp³-hybridized carbons (Fsp3) is 0.786. The molecular formula is C14H22BrClN2. The molecule has 0 unspecified atom stereocenters. The second-order valence-corrected chi connectivity index (χ2v) is 6.47. The van der Waals surface area contributed by atoms with Gasteiger partial charge in [-0.2, -0.15) is 5.10 Å². The van der Waals surface area contributed by atoms with E-state index in [1.165, 1.54) is 37.8 Å². The standard InChI is InChI=1S/C14H22BrClN2/c1-3-18-12(13(16)11(2)17-18)9-14(10-15)7-5-4-6-8-14/h3-10H2,1-2H3. The van der Waals surface area contributed by atoms with Crippen molar-refractivity contribution in [3.63, 3.8) is 0 Å². The van der Waals surface area contributed by atoms with E-state index in [2.05, 4.69) is 32.6 Å². The molecule has 4 heteroatoms. The Bertz CT molecular complexity index is 408. The number of hydrogen-bond donors (Lipinski definition) is 0. The van der Waals surface area contributed by atoms with Gasteiger partial charge in [0.1, 0.15) is 0 Å². The maximum atomic E-state index is 6.43. The van der Waals surface area contributed by atoms with Crippen molar-refractivity contribution in [2.45, 2.75) is 58.9 Å². The molecule has 1 aromatic rings. The van der Waals surface area contributed by atoms with Gasteiger partial charge in [0.15, 0.2) is 0 Å². The fourth-order valence-electron chi connectivity index (χ4n) is 3.05. The van der Waals surface area contributed by atoms with Gasteiger partial charge in [-0.25, -0.2) is 0 Å². The Morgan fingerprint density at radius 2 is 2.00 bits per heavy atom. The van der Waals surface area contributed by atoms with Crippen LogP contribution in [0.3, 0.4) is 0 Å². The van der Waals surface area contributed by atoms with Crippen molar-refractivity contribution in [1.82, 2.24) is 9.78 Å². The predicted octanol–water partition coefficient (Wildman–Crippen LogP) is 4.75. The minimum absolute atomic E-state index is 0.390. The minimum atomic E-state index is 0.390. The van der Waals surface area contributed by atoms with Crippen LogP contribution >= 0.6 is 27.5 Å². The quantitative estimate of drug-likeness (QED) is 0.727. The topological polar surface area (TPSA) is 17.8 Å². The third kappa shape index (κ3) is 2.77. The van der Waals surface area contributed by atoms with E-state index in [0.717, 1.165) is 29.0 Å². The lowest BCUT2D eigenvalue weighted by molar-refractivity contribution is 0.218. The smallest absolute Gasteiger partial charge is 0.0847 e. The highest BCUT2D eigenvalue weighted by Crippen LogP contribution is 2.42. The maximum Gasteiger partial charge on any atom is 0.0847 e. The summed E-state index contributed by atoms with van der Waals surface area (Å²) >= 11 is 10.2. The molecule has 0 spiro atoms. The van der Waals surface area contributed by atoms with Gasteiger partial charge in [0.05, 0.1) is 16.4 Å². The van der Waals surface area contributed by atoms with Crippen molar-refractivity contribution in [2.75, 3.05) is 5.33 Å². The van der Waals surface area contributed by atoms with Gasteiger partial charge in [-0.3, -0.25) is 4.68 Å². The first kappa shape index (κ1) is 14.4. The molecule has 0 amide bonds. The molecule has 2 nitrogen and oxygen atoms in total.